The molecule has 0 spiro atoms. The van der Waals surface area contributed by atoms with Crippen LogP contribution in [0.15, 0.2) is 36.7 Å². The Balaban J connectivity index is 2.09. The van der Waals surface area contributed by atoms with Crippen LogP contribution in [0.4, 0.5) is 5.95 Å². The van der Waals surface area contributed by atoms with Crippen LogP contribution in [0.3, 0.4) is 0 Å². The predicted octanol–water partition coefficient (Wildman–Crippen LogP) is 2.43. The summed E-state index contributed by atoms with van der Waals surface area (Å²) < 4.78 is 5.18. The molecule has 6 nitrogen and oxygen atoms in total. The summed E-state index contributed by atoms with van der Waals surface area (Å²) in [7, 11) is 1.64. The minimum atomic E-state index is 0.255. The van der Waals surface area contributed by atoms with Gasteiger partial charge in [0.2, 0.25) is 5.95 Å². The highest BCUT2D eigenvalue weighted by molar-refractivity contribution is 5.82. The van der Waals surface area contributed by atoms with E-state index in [9.17, 15) is 0 Å². The number of methoxy groups -OCH3 is 1. The van der Waals surface area contributed by atoms with Gasteiger partial charge in [-0.25, -0.2) is 9.97 Å². The van der Waals surface area contributed by atoms with Crippen molar-refractivity contribution in [1.29, 1.82) is 0 Å². The predicted molar refractivity (Wildman–Crippen MR) is 80.8 cm³/mol. The van der Waals surface area contributed by atoms with E-state index in [0.717, 1.165) is 33.8 Å². The molecule has 0 radical (unpaired) electrons. The number of aromatic amines is 1. The molecule has 1 aromatic carbocycles. The summed E-state index contributed by atoms with van der Waals surface area (Å²) in [4.78, 5) is 8.09. The number of hydrogen-bond donors (Lipinski definition) is 2. The molecule has 106 valence electrons. The first-order valence-corrected chi connectivity index (χ1v) is 6.46. The van der Waals surface area contributed by atoms with Gasteiger partial charge in [0.15, 0.2) is 0 Å². The zero-order valence-electron chi connectivity index (χ0n) is 11.8. The molecule has 0 aliphatic carbocycles. The lowest BCUT2D eigenvalue weighted by molar-refractivity contribution is 0.415. The Kier molecular flexibility index (Phi) is 3.27. The van der Waals surface area contributed by atoms with Gasteiger partial charge in [0.25, 0.3) is 0 Å². The van der Waals surface area contributed by atoms with E-state index in [2.05, 4.69) is 20.2 Å². The van der Waals surface area contributed by atoms with Crippen molar-refractivity contribution < 1.29 is 4.74 Å². The first-order chi connectivity index (χ1) is 10.2. The Labute approximate surface area is 122 Å². The third-order valence-corrected chi connectivity index (χ3v) is 3.27. The molecule has 3 aromatic rings. The lowest BCUT2D eigenvalue weighted by atomic mass is 10.0. The molecule has 21 heavy (non-hydrogen) atoms. The topological polar surface area (TPSA) is 89.7 Å². The molecule has 3 rings (SSSR count). The molecule has 0 saturated heterocycles. The van der Waals surface area contributed by atoms with E-state index in [0.29, 0.717) is 0 Å². The van der Waals surface area contributed by atoms with Gasteiger partial charge in [0.05, 0.1) is 7.11 Å². The van der Waals surface area contributed by atoms with Crippen LogP contribution in [0.5, 0.6) is 5.75 Å². The second-order valence-electron chi connectivity index (χ2n) is 4.63. The fraction of sp³-hybridized carbons (Fsp3) is 0.133. The van der Waals surface area contributed by atoms with Gasteiger partial charge in [-0.2, -0.15) is 5.10 Å². The zero-order valence-corrected chi connectivity index (χ0v) is 11.8. The number of hydrogen-bond acceptors (Lipinski definition) is 5. The summed E-state index contributed by atoms with van der Waals surface area (Å²) in [5.74, 6) is 1.06. The Bertz CT molecular complexity index is 747. The van der Waals surface area contributed by atoms with E-state index in [-0.39, 0.29) is 5.95 Å². The number of nitrogens with zero attached hydrogens (tertiary/aromatic N) is 3. The van der Waals surface area contributed by atoms with Gasteiger partial charge >= 0.3 is 0 Å². The van der Waals surface area contributed by atoms with Crippen LogP contribution < -0.4 is 10.5 Å². The molecule has 2 aromatic heterocycles. The molecule has 6 heteroatoms. The van der Waals surface area contributed by atoms with Crippen LogP contribution in [0.25, 0.3) is 22.4 Å². The quantitative estimate of drug-likeness (QED) is 0.769. The molecule has 3 N–H and O–H groups in total. The number of nitrogens with one attached hydrogen (secondary N) is 1. The van der Waals surface area contributed by atoms with Gasteiger partial charge in [-0.3, -0.25) is 5.10 Å². The van der Waals surface area contributed by atoms with Crippen molar-refractivity contribution in [2.75, 3.05) is 12.8 Å². The fourth-order valence-electron chi connectivity index (χ4n) is 2.21. The van der Waals surface area contributed by atoms with Crippen molar-refractivity contribution in [2.45, 2.75) is 6.92 Å². The largest absolute Gasteiger partial charge is 0.497 e. The molecule has 0 aliphatic rings. The monoisotopic (exact) mass is 281 g/mol. The molecular formula is C15H15N5O. The van der Waals surface area contributed by atoms with Crippen LogP contribution in [0.1, 0.15) is 5.69 Å². The van der Waals surface area contributed by atoms with Crippen LogP contribution in [0.2, 0.25) is 0 Å². The molecule has 0 unspecified atom stereocenters. The van der Waals surface area contributed by atoms with E-state index in [1.807, 2.05) is 31.2 Å². The number of nitrogens with two attached hydrogens (primary N) is 1. The number of aryl methyl sites for hydroxylation is 1. The van der Waals surface area contributed by atoms with Crippen molar-refractivity contribution in [3.8, 4) is 28.1 Å². The third-order valence-electron chi connectivity index (χ3n) is 3.27. The Morgan fingerprint density at radius 2 is 1.71 bits per heavy atom. The lowest BCUT2D eigenvalue weighted by Crippen LogP contribution is -1.94. The molecule has 0 atom stereocenters. The number of aromatic nitrogens is 4. The van der Waals surface area contributed by atoms with Crippen molar-refractivity contribution in [1.82, 2.24) is 20.2 Å². The van der Waals surface area contributed by atoms with E-state index >= 15 is 0 Å². The number of rotatable bonds is 3. The molecule has 0 fully saturated rings. The van der Waals surface area contributed by atoms with E-state index in [1.165, 1.54) is 0 Å². The molecule has 0 amide bonds. The highest BCUT2D eigenvalue weighted by Gasteiger charge is 2.15. The summed E-state index contributed by atoms with van der Waals surface area (Å²) in [6.07, 6.45) is 3.40. The van der Waals surface area contributed by atoms with Crippen LogP contribution >= 0.6 is 0 Å². The Hall–Kier alpha value is -2.89. The van der Waals surface area contributed by atoms with Gasteiger partial charge < -0.3 is 10.5 Å². The second-order valence-corrected chi connectivity index (χ2v) is 4.63. The van der Waals surface area contributed by atoms with Crippen molar-refractivity contribution in [2.24, 2.45) is 0 Å². The average molecular weight is 281 g/mol. The third kappa shape index (κ3) is 2.43. The summed E-state index contributed by atoms with van der Waals surface area (Å²) in [6.45, 7) is 1.96. The molecule has 0 aliphatic heterocycles. The highest BCUT2D eigenvalue weighted by atomic mass is 16.5. The average Bonchev–Trinajstić information content (AvgIpc) is 2.90. The normalized spacial score (nSPS) is 10.6. The maximum absolute atomic E-state index is 5.54. The van der Waals surface area contributed by atoms with Crippen molar-refractivity contribution >= 4 is 5.95 Å². The number of H-pyrrole nitrogens is 1. The molecule has 2 heterocycles. The van der Waals surface area contributed by atoms with Crippen LogP contribution in [-0.4, -0.2) is 27.3 Å². The fourth-order valence-corrected chi connectivity index (χ4v) is 2.21. The minimum absolute atomic E-state index is 0.255. The Morgan fingerprint density at radius 3 is 2.33 bits per heavy atom. The summed E-state index contributed by atoms with van der Waals surface area (Å²) in [5, 5.41) is 7.40. The second kappa shape index (κ2) is 5.24. The van der Waals surface area contributed by atoms with E-state index in [1.54, 1.807) is 19.5 Å². The SMILES string of the molecule is COc1ccc(-c2n[nH]c(C)c2-c2cnc(N)nc2)cc1. The lowest BCUT2D eigenvalue weighted by Gasteiger charge is -2.05. The van der Waals surface area contributed by atoms with E-state index < -0.39 is 0 Å². The minimum Gasteiger partial charge on any atom is -0.497 e. The molecule has 0 bridgehead atoms. The molecule has 0 saturated carbocycles. The van der Waals surface area contributed by atoms with Gasteiger partial charge in [-0.1, -0.05) is 0 Å². The smallest absolute Gasteiger partial charge is 0.219 e. The number of nitrogen functional groups attached to an aromatic ring is 1. The number of anilines is 1. The summed E-state index contributed by atoms with van der Waals surface area (Å²) >= 11 is 0. The number of benzene rings is 1. The Morgan fingerprint density at radius 1 is 1.05 bits per heavy atom. The summed E-state index contributed by atoms with van der Waals surface area (Å²) in [5.41, 5.74) is 10.2. The first-order valence-electron chi connectivity index (χ1n) is 6.46. The van der Waals surface area contributed by atoms with Crippen molar-refractivity contribution in [3.63, 3.8) is 0 Å². The number of ether oxygens (including phenoxy) is 1. The summed E-state index contributed by atoms with van der Waals surface area (Å²) in [6, 6.07) is 7.75. The van der Waals surface area contributed by atoms with Gasteiger partial charge in [-0.15, -0.1) is 0 Å². The van der Waals surface area contributed by atoms with Crippen molar-refractivity contribution in [3.05, 3.63) is 42.4 Å². The first kappa shape index (κ1) is 13.1. The maximum Gasteiger partial charge on any atom is 0.219 e. The zero-order chi connectivity index (χ0) is 14.8. The van der Waals surface area contributed by atoms with Crippen LogP contribution in [0, 0.1) is 6.92 Å². The maximum atomic E-state index is 5.54. The standard InChI is InChI=1S/C15H15N5O/c1-9-13(11-7-17-15(16)18-8-11)14(20-19-9)10-3-5-12(21-2)6-4-10/h3-8H,1-2H3,(H,19,20)(H2,16,17,18). The molecular weight excluding hydrogens is 266 g/mol. The van der Waals surface area contributed by atoms with Gasteiger partial charge in [0, 0.05) is 34.8 Å². The van der Waals surface area contributed by atoms with Gasteiger partial charge in [-0.05, 0) is 31.2 Å². The van der Waals surface area contributed by atoms with Crippen LogP contribution in [-0.2, 0) is 0 Å². The highest BCUT2D eigenvalue weighted by Crippen LogP contribution is 2.32. The van der Waals surface area contributed by atoms with E-state index in [4.69, 9.17) is 10.5 Å². The van der Waals surface area contributed by atoms with Gasteiger partial charge in [0.1, 0.15) is 11.4 Å².